The largest absolute Gasteiger partial charge is 0.296 e. The summed E-state index contributed by atoms with van der Waals surface area (Å²) >= 11 is 0. The van der Waals surface area contributed by atoms with Crippen LogP contribution in [0.25, 0.3) is 11.5 Å². The Morgan fingerprint density at radius 2 is 2.00 bits per heavy atom. The van der Waals surface area contributed by atoms with Gasteiger partial charge in [0.1, 0.15) is 12.4 Å². The van der Waals surface area contributed by atoms with Gasteiger partial charge in [0.2, 0.25) is 0 Å². The van der Waals surface area contributed by atoms with Crippen molar-refractivity contribution in [2.75, 3.05) is 13.1 Å². The number of hydrogen-bond acceptors (Lipinski definition) is 7. The first-order valence-electron chi connectivity index (χ1n) is 11.1. The third-order valence-electron chi connectivity index (χ3n) is 5.86. The third kappa shape index (κ3) is 3.85. The van der Waals surface area contributed by atoms with Gasteiger partial charge in [-0.1, -0.05) is 13.3 Å². The third-order valence-corrected chi connectivity index (χ3v) is 5.86. The normalized spacial score (nSPS) is 14.2. The van der Waals surface area contributed by atoms with Crippen molar-refractivity contribution in [3.05, 3.63) is 65.3 Å². The van der Waals surface area contributed by atoms with Crippen LogP contribution in [-0.2, 0) is 19.4 Å². The van der Waals surface area contributed by atoms with Crippen LogP contribution >= 0.6 is 0 Å². The molecule has 4 aromatic heterocycles. The molecular weight excluding hydrogens is 402 g/mol. The zero-order chi connectivity index (χ0) is 21.9. The Kier molecular flexibility index (Phi) is 5.60. The Morgan fingerprint density at radius 3 is 2.81 bits per heavy atom. The van der Waals surface area contributed by atoms with Crippen molar-refractivity contribution in [1.82, 2.24) is 39.2 Å². The molecule has 0 aromatic carbocycles. The van der Waals surface area contributed by atoms with E-state index in [2.05, 4.69) is 33.1 Å². The second kappa shape index (κ2) is 8.85. The lowest BCUT2D eigenvalue weighted by molar-refractivity contribution is 0.322. The van der Waals surface area contributed by atoms with E-state index in [9.17, 15) is 5.26 Å². The molecule has 5 heterocycles. The van der Waals surface area contributed by atoms with Gasteiger partial charge < -0.3 is 0 Å². The van der Waals surface area contributed by atoms with Crippen molar-refractivity contribution >= 4 is 5.65 Å². The molecule has 0 saturated carbocycles. The molecule has 0 bridgehead atoms. The van der Waals surface area contributed by atoms with Crippen LogP contribution in [0.1, 0.15) is 54.5 Å². The minimum atomic E-state index is 0.485. The van der Waals surface area contributed by atoms with E-state index in [-0.39, 0.29) is 0 Å². The maximum atomic E-state index is 9.47. The molecule has 0 amide bonds. The van der Waals surface area contributed by atoms with E-state index < -0.39 is 0 Å². The molecule has 1 saturated heterocycles. The molecule has 0 spiro atoms. The van der Waals surface area contributed by atoms with Crippen LogP contribution in [0.15, 0.2) is 36.9 Å². The van der Waals surface area contributed by atoms with Crippen molar-refractivity contribution in [1.29, 1.82) is 5.26 Å². The fourth-order valence-electron chi connectivity index (χ4n) is 4.33. The van der Waals surface area contributed by atoms with Gasteiger partial charge in [-0.15, -0.1) is 5.10 Å². The van der Waals surface area contributed by atoms with E-state index in [1.165, 1.54) is 12.8 Å². The van der Waals surface area contributed by atoms with Crippen molar-refractivity contribution in [3.63, 3.8) is 0 Å². The van der Waals surface area contributed by atoms with Crippen LogP contribution in [0.5, 0.6) is 0 Å². The fourth-order valence-corrected chi connectivity index (χ4v) is 4.33. The average Bonchev–Trinajstić information content (AvgIpc) is 3.57. The van der Waals surface area contributed by atoms with Gasteiger partial charge in [-0.05, 0) is 50.6 Å². The molecule has 0 unspecified atom stereocenters. The molecule has 32 heavy (non-hydrogen) atoms. The van der Waals surface area contributed by atoms with Gasteiger partial charge in [-0.25, -0.2) is 24.1 Å². The first-order chi connectivity index (χ1) is 15.8. The Hall–Kier alpha value is -3.64. The van der Waals surface area contributed by atoms with E-state index in [1.54, 1.807) is 35.5 Å². The Bertz CT molecular complexity index is 1270. The maximum absolute atomic E-state index is 9.47. The standard InChI is InChI=1S/C23H25N9/c1-2-6-19-20(13-18-8-10-27-32(18)22-17(14-24)7-5-9-25-22)26-16-31-23(19)28-21(29-31)15-30-11-3-4-12-30/h5,7-10,16H,2-4,6,11-13,15H2,1H3. The van der Waals surface area contributed by atoms with Gasteiger partial charge >= 0.3 is 0 Å². The van der Waals surface area contributed by atoms with Gasteiger partial charge in [0.05, 0.1) is 23.5 Å². The Balaban J connectivity index is 1.50. The quantitative estimate of drug-likeness (QED) is 0.447. The van der Waals surface area contributed by atoms with Crippen molar-refractivity contribution in [3.8, 4) is 11.9 Å². The SMILES string of the molecule is CCCc1c(Cc2ccnn2-c2ncccc2C#N)ncn2nc(CN3CCCC3)nc12. The molecule has 9 heteroatoms. The first kappa shape index (κ1) is 20.3. The van der Waals surface area contributed by atoms with E-state index in [4.69, 9.17) is 9.97 Å². The molecule has 5 rings (SSSR count). The van der Waals surface area contributed by atoms with E-state index in [0.717, 1.165) is 60.9 Å². The first-order valence-corrected chi connectivity index (χ1v) is 11.1. The number of nitrogens with zero attached hydrogens (tertiary/aromatic N) is 9. The Morgan fingerprint density at radius 1 is 1.12 bits per heavy atom. The van der Waals surface area contributed by atoms with Gasteiger partial charge in [-0.2, -0.15) is 10.4 Å². The van der Waals surface area contributed by atoms with Crippen molar-refractivity contribution in [2.24, 2.45) is 0 Å². The molecule has 162 valence electrons. The second-order valence-electron chi connectivity index (χ2n) is 8.10. The van der Waals surface area contributed by atoms with Gasteiger partial charge in [-0.3, -0.25) is 4.90 Å². The highest BCUT2D eigenvalue weighted by Gasteiger charge is 2.19. The molecule has 0 radical (unpaired) electrons. The number of pyridine rings is 1. The summed E-state index contributed by atoms with van der Waals surface area (Å²) in [7, 11) is 0. The maximum Gasteiger partial charge on any atom is 0.171 e. The molecule has 1 fully saturated rings. The smallest absolute Gasteiger partial charge is 0.171 e. The molecule has 0 aliphatic carbocycles. The summed E-state index contributed by atoms with van der Waals surface area (Å²) in [6, 6.07) is 7.65. The predicted molar refractivity (Wildman–Crippen MR) is 118 cm³/mol. The highest BCUT2D eigenvalue weighted by atomic mass is 15.3. The summed E-state index contributed by atoms with van der Waals surface area (Å²) in [4.78, 5) is 16.4. The summed E-state index contributed by atoms with van der Waals surface area (Å²) in [5, 5.41) is 18.6. The minimum absolute atomic E-state index is 0.485. The molecule has 0 N–H and O–H groups in total. The number of nitriles is 1. The summed E-state index contributed by atoms with van der Waals surface area (Å²) in [5.74, 6) is 1.38. The van der Waals surface area contributed by atoms with Crippen LogP contribution in [0, 0.1) is 11.3 Å². The lowest BCUT2D eigenvalue weighted by atomic mass is 10.1. The molecular formula is C23H25N9. The molecule has 1 aliphatic heterocycles. The molecule has 9 nitrogen and oxygen atoms in total. The summed E-state index contributed by atoms with van der Waals surface area (Å²) in [6.07, 6.45) is 10.1. The fraction of sp³-hybridized carbons (Fsp3) is 0.391. The lowest BCUT2D eigenvalue weighted by Gasteiger charge is -2.11. The second-order valence-corrected chi connectivity index (χ2v) is 8.10. The molecule has 1 aliphatic rings. The number of likely N-dealkylation sites (tertiary alicyclic amines) is 1. The Labute approximate surface area is 186 Å². The number of fused-ring (bicyclic) bond motifs is 1. The monoisotopic (exact) mass is 427 g/mol. The van der Waals surface area contributed by atoms with Crippen molar-refractivity contribution < 1.29 is 0 Å². The zero-order valence-electron chi connectivity index (χ0n) is 18.1. The summed E-state index contributed by atoms with van der Waals surface area (Å²) in [6.45, 7) is 5.17. The van der Waals surface area contributed by atoms with Crippen LogP contribution in [0.2, 0.25) is 0 Å². The van der Waals surface area contributed by atoms with Crippen molar-refractivity contribution in [2.45, 2.75) is 45.6 Å². The van der Waals surface area contributed by atoms with E-state index in [1.807, 2.05) is 10.6 Å². The number of rotatable bonds is 7. The summed E-state index contributed by atoms with van der Waals surface area (Å²) < 4.78 is 3.53. The van der Waals surface area contributed by atoms with Crippen LogP contribution in [0.4, 0.5) is 0 Å². The average molecular weight is 428 g/mol. The topological polar surface area (TPSA) is 101 Å². The van der Waals surface area contributed by atoms with Gasteiger partial charge in [0, 0.05) is 24.4 Å². The van der Waals surface area contributed by atoms with Crippen LogP contribution in [0.3, 0.4) is 0 Å². The number of aromatic nitrogens is 7. The number of hydrogen-bond donors (Lipinski definition) is 0. The molecule has 4 aromatic rings. The van der Waals surface area contributed by atoms with Crippen LogP contribution < -0.4 is 0 Å². The minimum Gasteiger partial charge on any atom is -0.296 e. The molecule has 0 atom stereocenters. The highest BCUT2D eigenvalue weighted by Crippen LogP contribution is 2.21. The highest BCUT2D eigenvalue weighted by molar-refractivity contribution is 5.50. The number of aryl methyl sites for hydroxylation is 1. The van der Waals surface area contributed by atoms with Gasteiger partial charge in [0.15, 0.2) is 17.3 Å². The lowest BCUT2D eigenvalue weighted by Crippen LogP contribution is -2.19. The van der Waals surface area contributed by atoms with Gasteiger partial charge in [0.25, 0.3) is 0 Å². The van der Waals surface area contributed by atoms with Crippen LogP contribution in [-0.4, -0.2) is 52.3 Å². The zero-order valence-corrected chi connectivity index (χ0v) is 18.1. The summed E-state index contributed by atoms with van der Waals surface area (Å²) in [5.41, 5.74) is 4.36. The van der Waals surface area contributed by atoms with E-state index in [0.29, 0.717) is 17.8 Å². The predicted octanol–water partition coefficient (Wildman–Crippen LogP) is 2.72. The van der Waals surface area contributed by atoms with E-state index >= 15 is 0 Å².